The molecule has 1 amide bonds. The van der Waals surface area contributed by atoms with Gasteiger partial charge in [-0.2, -0.15) is 4.31 Å². The first-order valence-corrected chi connectivity index (χ1v) is 11.9. The van der Waals surface area contributed by atoms with Crippen LogP contribution in [0.15, 0.2) is 47.4 Å². The summed E-state index contributed by atoms with van der Waals surface area (Å²) in [6, 6.07) is 12.9. The molecule has 8 nitrogen and oxygen atoms in total. The molecule has 0 radical (unpaired) electrons. The average Bonchev–Trinajstić information content (AvgIpc) is 3.20. The van der Waals surface area contributed by atoms with Crippen LogP contribution < -0.4 is 5.32 Å². The highest BCUT2D eigenvalue weighted by atomic mass is 32.2. The standard InChI is InChI=1S/C22H29N5O3S/c1-5-16(3)27-21-12-11-19(13-20(21)24-25-27)31(29,30)26(4)15-22(28)23-14-18-9-7-17(6-2)8-10-18/h7-13,16H,5-6,14-15H2,1-4H3,(H,23,28). The monoisotopic (exact) mass is 443 g/mol. The molecule has 1 atom stereocenters. The molecule has 3 rings (SSSR count). The summed E-state index contributed by atoms with van der Waals surface area (Å²) < 4.78 is 28.7. The van der Waals surface area contributed by atoms with Crippen LogP contribution in [0.2, 0.25) is 0 Å². The number of fused-ring (bicyclic) bond motifs is 1. The van der Waals surface area contributed by atoms with Crippen molar-refractivity contribution >= 4 is 27.0 Å². The van der Waals surface area contributed by atoms with Crippen molar-refractivity contribution in [2.45, 2.75) is 51.1 Å². The lowest BCUT2D eigenvalue weighted by atomic mass is 10.1. The van der Waals surface area contributed by atoms with Crippen molar-refractivity contribution in [3.8, 4) is 0 Å². The Hall–Kier alpha value is -2.78. The third-order valence-electron chi connectivity index (χ3n) is 5.45. The van der Waals surface area contributed by atoms with Gasteiger partial charge in [0.15, 0.2) is 0 Å². The van der Waals surface area contributed by atoms with Crippen LogP contribution in [-0.2, 0) is 27.8 Å². The molecule has 0 bridgehead atoms. The largest absolute Gasteiger partial charge is 0.351 e. The van der Waals surface area contributed by atoms with E-state index in [4.69, 9.17) is 0 Å². The van der Waals surface area contributed by atoms with Crippen molar-refractivity contribution in [2.75, 3.05) is 13.6 Å². The highest BCUT2D eigenvalue weighted by Gasteiger charge is 2.24. The van der Waals surface area contributed by atoms with E-state index in [0.29, 0.717) is 12.1 Å². The molecular weight excluding hydrogens is 414 g/mol. The van der Waals surface area contributed by atoms with Crippen LogP contribution in [0.3, 0.4) is 0 Å². The SMILES string of the molecule is CCc1ccc(CNC(=O)CN(C)S(=O)(=O)c2ccc3c(c2)nnn3C(C)CC)cc1. The Kier molecular flexibility index (Phi) is 7.07. The molecule has 2 aromatic carbocycles. The number of nitrogens with one attached hydrogen (secondary N) is 1. The third-order valence-corrected chi connectivity index (χ3v) is 7.25. The van der Waals surface area contributed by atoms with Crippen molar-refractivity contribution in [3.63, 3.8) is 0 Å². The van der Waals surface area contributed by atoms with E-state index in [1.165, 1.54) is 24.7 Å². The molecule has 1 N–H and O–H groups in total. The summed E-state index contributed by atoms with van der Waals surface area (Å²) in [4.78, 5) is 12.4. The van der Waals surface area contributed by atoms with Gasteiger partial charge in [0.1, 0.15) is 5.52 Å². The fourth-order valence-electron chi connectivity index (χ4n) is 3.20. The van der Waals surface area contributed by atoms with E-state index in [1.54, 1.807) is 10.7 Å². The number of hydrogen-bond acceptors (Lipinski definition) is 5. The summed E-state index contributed by atoms with van der Waals surface area (Å²) in [6.07, 6.45) is 1.84. The highest BCUT2D eigenvalue weighted by Crippen LogP contribution is 2.22. The van der Waals surface area contributed by atoms with Gasteiger partial charge in [-0.15, -0.1) is 5.10 Å². The van der Waals surface area contributed by atoms with Crippen molar-refractivity contribution in [3.05, 3.63) is 53.6 Å². The molecule has 0 fully saturated rings. The van der Waals surface area contributed by atoms with Gasteiger partial charge in [-0.05, 0) is 49.1 Å². The zero-order valence-corrected chi connectivity index (χ0v) is 19.2. The molecule has 0 aliphatic rings. The van der Waals surface area contributed by atoms with Crippen LogP contribution >= 0.6 is 0 Å². The quantitative estimate of drug-likeness (QED) is 0.548. The first-order valence-electron chi connectivity index (χ1n) is 10.4. The average molecular weight is 444 g/mol. The van der Waals surface area contributed by atoms with Gasteiger partial charge in [0.25, 0.3) is 0 Å². The number of rotatable bonds is 9. The van der Waals surface area contributed by atoms with E-state index in [0.717, 1.165) is 28.2 Å². The summed E-state index contributed by atoms with van der Waals surface area (Å²) in [6.45, 7) is 6.24. The summed E-state index contributed by atoms with van der Waals surface area (Å²) >= 11 is 0. The van der Waals surface area contributed by atoms with Gasteiger partial charge in [0.2, 0.25) is 15.9 Å². The molecule has 9 heteroatoms. The van der Waals surface area contributed by atoms with Crippen LogP contribution in [0.4, 0.5) is 0 Å². The second kappa shape index (κ2) is 9.57. The molecule has 166 valence electrons. The number of amides is 1. The molecule has 0 aliphatic carbocycles. The van der Waals surface area contributed by atoms with Crippen molar-refractivity contribution in [1.82, 2.24) is 24.6 Å². The molecular formula is C22H29N5O3S. The number of hydrogen-bond donors (Lipinski definition) is 1. The Bertz CT molecular complexity index is 1160. The molecule has 1 unspecified atom stereocenters. The van der Waals surface area contributed by atoms with Crippen molar-refractivity contribution in [1.29, 1.82) is 0 Å². The lowest BCUT2D eigenvalue weighted by Gasteiger charge is -2.17. The minimum absolute atomic E-state index is 0.0849. The minimum Gasteiger partial charge on any atom is -0.351 e. The summed E-state index contributed by atoms with van der Waals surface area (Å²) in [7, 11) is -2.44. The second-order valence-electron chi connectivity index (χ2n) is 7.65. The van der Waals surface area contributed by atoms with E-state index in [9.17, 15) is 13.2 Å². The maximum absolute atomic E-state index is 12.9. The maximum atomic E-state index is 12.9. The summed E-state index contributed by atoms with van der Waals surface area (Å²) in [5.41, 5.74) is 3.48. The van der Waals surface area contributed by atoms with Gasteiger partial charge < -0.3 is 5.32 Å². The molecule has 1 aromatic heterocycles. The molecule has 0 saturated heterocycles. The van der Waals surface area contributed by atoms with Crippen molar-refractivity contribution < 1.29 is 13.2 Å². The van der Waals surface area contributed by atoms with Crippen LogP contribution in [-0.4, -0.2) is 47.2 Å². The van der Waals surface area contributed by atoms with Gasteiger partial charge in [0.05, 0.1) is 23.0 Å². The van der Waals surface area contributed by atoms with Gasteiger partial charge >= 0.3 is 0 Å². The molecule has 0 aliphatic heterocycles. The molecule has 0 spiro atoms. The third kappa shape index (κ3) is 5.11. The number of nitrogens with zero attached hydrogens (tertiary/aromatic N) is 4. The zero-order valence-electron chi connectivity index (χ0n) is 18.4. The second-order valence-corrected chi connectivity index (χ2v) is 9.69. The number of likely N-dealkylation sites (N-methyl/N-ethyl adjacent to an activating group) is 1. The summed E-state index contributed by atoms with van der Waals surface area (Å²) in [5, 5.41) is 11.0. The van der Waals surface area contributed by atoms with Gasteiger partial charge in [-0.1, -0.05) is 43.3 Å². The lowest BCUT2D eigenvalue weighted by molar-refractivity contribution is -0.121. The molecule has 1 heterocycles. The normalized spacial score (nSPS) is 12.9. The number of carbonyl (C=O) groups is 1. The van der Waals surface area contributed by atoms with Gasteiger partial charge in [-0.3, -0.25) is 4.79 Å². The summed E-state index contributed by atoms with van der Waals surface area (Å²) in [5.74, 6) is -0.366. The topological polar surface area (TPSA) is 97.2 Å². The van der Waals surface area contributed by atoms with E-state index in [1.807, 2.05) is 31.2 Å². The zero-order chi connectivity index (χ0) is 22.6. The number of sulfonamides is 1. The molecule has 3 aromatic rings. The molecule has 31 heavy (non-hydrogen) atoms. The van der Waals surface area contributed by atoms with Crippen LogP contribution in [0.25, 0.3) is 11.0 Å². The number of aryl methyl sites for hydroxylation is 1. The van der Waals surface area contributed by atoms with E-state index in [2.05, 4.69) is 29.5 Å². The number of benzene rings is 2. The van der Waals surface area contributed by atoms with Crippen LogP contribution in [0.5, 0.6) is 0 Å². The smallest absolute Gasteiger partial charge is 0.243 e. The predicted octanol–water partition coefficient (Wildman–Crippen LogP) is 2.90. The Balaban J connectivity index is 1.67. The highest BCUT2D eigenvalue weighted by molar-refractivity contribution is 7.89. The van der Waals surface area contributed by atoms with Crippen molar-refractivity contribution in [2.24, 2.45) is 0 Å². The lowest BCUT2D eigenvalue weighted by Crippen LogP contribution is -2.38. The Labute approximate surface area is 183 Å². The van der Waals surface area contributed by atoms with Crippen LogP contribution in [0, 0.1) is 0 Å². The maximum Gasteiger partial charge on any atom is 0.243 e. The van der Waals surface area contributed by atoms with Crippen LogP contribution in [0.1, 0.15) is 44.4 Å². The van der Waals surface area contributed by atoms with E-state index >= 15 is 0 Å². The predicted molar refractivity (Wildman–Crippen MR) is 120 cm³/mol. The Morgan fingerprint density at radius 2 is 1.81 bits per heavy atom. The Morgan fingerprint density at radius 1 is 1.13 bits per heavy atom. The molecule has 0 saturated carbocycles. The van der Waals surface area contributed by atoms with E-state index in [-0.39, 0.29) is 23.4 Å². The van der Waals surface area contributed by atoms with Gasteiger partial charge in [-0.25, -0.2) is 13.1 Å². The Morgan fingerprint density at radius 3 is 2.45 bits per heavy atom. The first-order chi connectivity index (χ1) is 14.8. The number of carbonyl (C=O) groups excluding carboxylic acids is 1. The first kappa shape index (κ1) is 22.9. The fourth-order valence-corrected chi connectivity index (χ4v) is 4.34. The van der Waals surface area contributed by atoms with E-state index < -0.39 is 10.0 Å². The minimum atomic E-state index is -3.84. The number of aromatic nitrogens is 3. The fraction of sp³-hybridized carbons (Fsp3) is 0.409. The van der Waals surface area contributed by atoms with Gasteiger partial charge in [0, 0.05) is 13.6 Å².